The Morgan fingerprint density at radius 2 is 1.64 bits per heavy atom. The van der Waals surface area contributed by atoms with Crippen molar-refractivity contribution in [2.75, 3.05) is 23.1 Å². The van der Waals surface area contributed by atoms with Gasteiger partial charge in [0, 0.05) is 30.0 Å². The van der Waals surface area contributed by atoms with Crippen LogP contribution in [0.1, 0.15) is 35.7 Å². The number of amides is 1. The van der Waals surface area contributed by atoms with E-state index in [4.69, 9.17) is 0 Å². The van der Waals surface area contributed by atoms with E-state index >= 15 is 0 Å². The van der Waals surface area contributed by atoms with Crippen LogP contribution in [0.5, 0.6) is 0 Å². The normalized spacial score (nSPS) is 16.8. The number of benzene rings is 3. The smallest absolute Gasteiger partial charge is 0.261 e. The van der Waals surface area contributed by atoms with Crippen molar-refractivity contribution >= 4 is 27.3 Å². The number of nitrogens with one attached hydrogen (secondary N) is 2. The quantitative estimate of drug-likeness (QED) is 0.518. The van der Waals surface area contributed by atoms with Crippen molar-refractivity contribution < 1.29 is 13.2 Å². The average molecular weight is 464 g/mol. The molecule has 1 aliphatic rings. The number of piperidine rings is 1. The van der Waals surface area contributed by atoms with Crippen molar-refractivity contribution in [1.82, 2.24) is 4.90 Å². The van der Waals surface area contributed by atoms with Gasteiger partial charge in [0.2, 0.25) is 0 Å². The third-order valence-corrected chi connectivity index (χ3v) is 7.21. The summed E-state index contributed by atoms with van der Waals surface area (Å²) in [6.45, 7) is 5.44. The van der Waals surface area contributed by atoms with Gasteiger partial charge in [0.05, 0.1) is 4.90 Å². The van der Waals surface area contributed by atoms with Crippen LogP contribution >= 0.6 is 0 Å². The summed E-state index contributed by atoms with van der Waals surface area (Å²) >= 11 is 0. The van der Waals surface area contributed by atoms with Crippen molar-refractivity contribution in [3.8, 4) is 0 Å². The van der Waals surface area contributed by atoms with Crippen molar-refractivity contribution in [1.29, 1.82) is 0 Å². The van der Waals surface area contributed by atoms with Gasteiger partial charge in [-0.15, -0.1) is 0 Å². The van der Waals surface area contributed by atoms with Crippen LogP contribution in [0, 0.1) is 5.92 Å². The van der Waals surface area contributed by atoms with Crippen molar-refractivity contribution in [3.63, 3.8) is 0 Å². The zero-order valence-electron chi connectivity index (χ0n) is 18.7. The summed E-state index contributed by atoms with van der Waals surface area (Å²) in [6.07, 6.45) is 2.54. The second-order valence-electron chi connectivity index (χ2n) is 8.63. The molecule has 0 aromatic heterocycles. The summed E-state index contributed by atoms with van der Waals surface area (Å²) in [5, 5.41) is 2.83. The molecule has 172 valence electrons. The molecule has 0 spiro atoms. The van der Waals surface area contributed by atoms with E-state index in [1.165, 1.54) is 30.5 Å². The lowest BCUT2D eigenvalue weighted by molar-refractivity contribution is 0.102. The zero-order valence-corrected chi connectivity index (χ0v) is 19.5. The number of likely N-dealkylation sites (tertiary alicyclic amines) is 1. The molecule has 33 heavy (non-hydrogen) atoms. The summed E-state index contributed by atoms with van der Waals surface area (Å²) in [5.41, 5.74) is 2.78. The lowest BCUT2D eigenvalue weighted by Crippen LogP contribution is -2.33. The fourth-order valence-electron chi connectivity index (χ4n) is 4.09. The average Bonchev–Trinajstić information content (AvgIpc) is 2.80. The van der Waals surface area contributed by atoms with E-state index in [1.54, 1.807) is 36.4 Å². The largest absolute Gasteiger partial charge is 0.322 e. The van der Waals surface area contributed by atoms with Gasteiger partial charge in [0.25, 0.3) is 15.9 Å². The number of anilines is 2. The number of hydrogen-bond acceptors (Lipinski definition) is 4. The van der Waals surface area contributed by atoms with Gasteiger partial charge >= 0.3 is 0 Å². The molecule has 6 nitrogen and oxygen atoms in total. The maximum Gasteiger partial charge on any atom is 0.261 e. The molecular weight excluding hydrogens is 434 g/mol. The highest BCUT2D eigenvalue weighted by molar-refractivity contribution is 7.92. The van der Waals surface area contributed by atoms with Gasteiger partial charge in [-0.25, -0.2) is 8.42 Å². The molecular formula is C26H29N3O3S. The number of hydrogen-bond donors (Lipinski definition) is 2. The topological polar surface area (TPSA) is 78.5 Å². The van der Waals surface area contributed by atoms with Crippen LogP contribution in [0.3, 0.4) is 0 Å². The molecule has 1 fully saturated rings. The van der Waals surface area contributed by atoms with Gasteiger partial charge < -0.3 is 5.32 Å². The summed E-state index contributed by atoms with van der Waals surface area (Å²) in [6, 6.07) is 22.5. The minimum absolute atomic E-state index is 0.126. The van der Waals surface area contributed by atoms with Gasteiger partial charge in [-0.3, -0.25) is 14.4 Å². The molecule has 0 saturated carbocycles. The third-order valence-electron chi connectivity index (χ3n) is 5.81. The Labute approximate surface area is 195 Å². The van der Waals surface area contributed by atoms with Crippen LogP contribution in [0.4, 0.5) is 11.4 Å². The summed E-state index contributed by atoms with van der Waals surface area (Å²) < 4.78 is 27.6. The first-order valence-corrected chi connectivity index (χ1v) is 12.7. The van der Waals surface area contributed by atoms with Crippen LogP contribution in [0.15, 0.2) is 83.8 Å². The minimum atomic E-state index is -3.70. The summed E-state index contributed by atoms with van der Waals surface area (Å²) in [5.74, 6) is 0.505. The molecule has 1 amide bonds. The highest BCUT2D eigenvalue weighted by Gasteiger charge is 2.17. The molecule has 7 heteroatoms. The number of sulfonamides is 1. The predicted molar refractivity (Wildman–Crippen MR) is 132 cm³/mol. The van der Waals surface area contributed by atoms with Crippen molar-refractivity contribution in [3.05, 3.63) is 90.0 Å². The SMILES string of the molecule is CC1CCCN(Cc2ccc(C(=O)Nc3ccc(S(=O)(=O)Nc4ccccc4)cc3)cc2)C1. The maximum absolute atomic E-state index is 12.6. The maximum atomic E-state index is 12.6. The Balaban J connectivity index is 1.35. The van der Waals surface area contributed by atoms with Gasteiger partial charge in [-0.2, -0.15) is 0 Å². The molecule has 4 rings (SSSR count). The second kappa shape index (κ2) is 10.2. The fraction of sp³-hybridized carbons (Fsp3) is 0.269. The van der Waals surface area contributed by atoms with E-state index in [9.17, 15) is 13.2 Å². The molecule has 2 N–H and O–H groups in total. The van der Waals surface area contributed by atoms with Crippen LogP contribution in [-0.4, -0.2) is 32.3 Å². The number of carbonyl (C=O) groups excluding carboxylic acids is 1. The Morgan fingerprint density at radius 3 is 2.30 bits per heavy atom. The van der Waals surface area contributed by atoms with Gasteiger partial charge in [-0.05, 0) is 79.4 Å². The number of nitrogens with zero attached hydrogens (tertiary/aromatic N) is 1. The molecule has 1 atom stereocenters. The van der Waals surface area contributed by atoms with Crippen LogP contribution in [-0.2, 0) is 16.6 Å². The van der Waals surface area contributed by atoms with E-state index in [-0.39, 0.29) is 10.8 Å². The summed E-state index contributed by atoms with van der Waals surface area (Å²) in [4.78, 5) is 15.2. The van der Waals surface area contributed by atoms with Crippen LogP contribution in [0.25, 0.3) is 0 Å². The Kier molecular flexibility index (Phi) is 7.11. The van der Waals surface area contributed by atoms with E-state index in [1.807, 2.05) is 30.3 Å². The predicted octanol–water partition coefficient (Wildman–Crippen LogP) is 4.97. The van der Waals surface area contributed by atoms with Gasteiger partial charge in [0.15, 0.2) is 0 Å². The highest BCUT2D eigenvalue weighted by atomic mass is 32.2. The number of rotatable bonds is 7. The van der Waals surface area contributed by atoms with Gasteiger partial charge in [-0.1, -0.05) is 37.3 Å². The fourth-order valence-corrected chi connectivity index (χ4v) is 5.15. The molecule has 1 heterocycles. The van der Waals surface area contributed by atoms with E-state index in [0.29, 0.717) is 16.9 Å². The third kappa shape index (κ3) is 6.21. The first kappa shape index (κ1) is 23.0. The molecule has 1 saturated heterocycles. The van der Waals surface area contributed by atoms with E-state index in [0.717, 1.165) is 25.6 Å². The molecule has 0 radical (unpaired) electrons. The van der Waals surface area contributed by atoms with Gasteiger partial charge in [0.1, 0.15) is 0 Å². The summed E-state index contributed by atoms with van der Waals surface area (Å²) in [7, 11) is -3.70. The molecule has 1 unspecified atom stereocenters. The minimum Gasteiger partial charge on any atom is -0.322 e. The highest BCUT2D eigenvalue weighted by Crippen LogP contribution is 2.20. The molecule has 3 aromatic rings. The molecule has 0 bridgehead atoms. The first-order chi connectivity index (χ1) is 15.9. The standard InChI is InChI=1S/C26H29N3O3S/c1-20-6-5-17-29(18-20)19-21-9-11-22(12-10-21)26(30)27-23-13-15-25(16-14-23)33(31,32)28-24-7-3-2-4-8-24/h2-4,7-16,20,28H,5-6,17-19H2,1H3,(H,27,30). The molecule has 1 aliphatic heterocycles. The zero-order chi connectivity index (χ0) is 23.3. The van der Waals surface area contributed by atoms with Crippen LogP contribution < -0.4 is 10.0 Å². The van der Waals surface area contributed by atoms with E-state index in [2.05, 4.69) is 21.9 Å². The number of carbonyl (C=O) groups is 1. The van der Waals surface area contributed by atoms with Crippen LogP contribution in [0.2, 0.25) is 0 Å². The molecule has 3 aromatic carbocycles. The van der Waals surface area contributed by atoms with Crippen molar-refractivity contribution in [2.45, 2.75) is 31.2 Å². The van der Waals surface area contributed by atoms with Crippen molar-refractivity contribution in [2.24, 2.45) is 5.92 Å². The second-order valence-corrected chi connectivity index (χ2v) is 10.3. The number of para-hydroxylation sites is 1. The Morgan fingerprint density at radius 1 is 0.939 bits per heavy atom. The van der Waals surface area contributed by atoms with E-state index < -0.39 is 10.0 Å². The Hall–Kier alpha value is -3.16. The molecule has 0 aliphatic carbocycles. The first-order valence-electron chi connectivity index (χ1n) is 11.2. The monoisotopic (exact) mass is 463 g/mol. The lowest BCUT2D eigenvalue weighted by atomic mass is 9.99. The lowest BCUT2D eigenvalue weighted by Gasteiger charge is -2.30. The Bertz CT molecular complexity index is 1180.